The average Bonchev–Trinajstić information content (AvgIpc) is 1.16. The van der Waals surface area contributed by atoms with Crippen molar-refractivity contribution in [3.63, 3.8) is 0 Å². The average molecular weight is 134 g/mol. The molecule has 0 aromatic carbocycles. The van der Waals surface area contributed by atoms with E-state index >= 15 is 0 Å². The summed E-state index contributed by atoms with van der Waals surface area (Å²) in [6.07, 6.45) is 3.63. The maximum atomic E-state index is 10.1. The maximum Gasteiger partial charge on any atom is 0.271 e. The van der Waals surface area contributed by atoms with Gasteiger partial charge in [-0.2, -0.15) is 8.42 Å². The van der Waals surface area contributed by atoms with Crippen LogP contribution in [0.2, 0.25) is 0 Å². The molecular weight excluding hydrogens is 128 g/mol. The molecule has 1 rings (SSSR count). The van der Waals surface area contributed by atoms with Gasteiger partial charge in [-0.05, 0) is 6.42 Å². The van der Waals surface area contributed by atoms with Crippen molar-refractivity contribution in [2.24, 2.45) is 0 Å². The summed E-state index contributed by atoms with van der Waals surface area (Å²) in [5.41, 5.74) is 0. The Morgan fingerprint density at radius 2 is 2.12 bits per heavy atom. The Kier molecular flexibility index (Phi) is 1.13. The van der Waals surface area contributed by atoms with Crippen molar-refractivity contribution < 1.29 is 13.0 Å². The highest BCUT2D eigenvalue weighted by Gasteiger charge is 2.22. The summed E-state index contributed by atoms with van der Waals surface area (Å²) in [5, 5.41) is -0.623. The lowest BCUT2D eigenvalue weighted by molar-refractivity contribution is 0.472. The van der Waals surface area contributed by atoms with Gasteiger partial charge in [-0.15, -0.1) is 0 Å². The van der Waals surface area contributed by atoms with E-state index in [9.17, 15) is 8.42 Å². The molecule has 0 saturated heterocycles. The minimum atomic E-state index is -3.75. The van der Waals surface area contributed by atoms with E-state index in [0.29, 0.717) is 6.42 Å². The first kappa shape index (κ1) is 5.78. The monoisotopic (exact) mass is 134 g/mol. The van der Waals surface area contributed by atoms with Gasteiger partial charge in [0.15, 0.2) is 0 Å². The first-order chi connectivity index (χ1) is 3.61. The quantitative estimate of drug-likeness (QED) is 0.412. The van der Waals surface area contributed by atoms with Crippen LogP contribution in [-0.4, -0.2) is 18.2 Å². The van der Waals surface area contributed by atoms with Crippen LogP contribution in [-0.2, 0) is 10.1 Å². The van der Waals surface area contributed by atoms with E-state index in [-0.39, 0.29) is 0 Å². The molecule has 0 heterocycles. The van der Waals surface area contributed by atoms with Crippen LogP contribution in [0.5, 0.6) is 0 Å². The van der Waals surface area contributed by atoms with Crippen LogP contribution >= 0.6 is 0 Å². The second kappa shape index (κ2) is 1.56. The zero-order valence-corrected chi connectivity index (χ0v) is 4.93. The molecule has 3 nitrogen and oxygen atoms in total. The van der Waals surface area contributed by atoms with E-state index in [2.05, 4.69) is 0 Å². The highest BCUT2D eigenvalue weighted by Crippen LogP contribution is 2.15. The summed E-state index contributed by atoms with van der Waals surface area (Å²) in [6, 6.07) is 0. The second-order valence-electron chi connectivity index (χ2n) is 1.72. The molecule has 0 aromatic heterocycles. The van der Waals surface area contributed by atoms with Crippen LogP contribution < -0.4 is 0 Å². The van der Waals surface area contributed by atoms with E-state index in [1.165, 1.54) is 6.08 Å². The van der Waals surface area contributed by atoms with Gasteiger partial charge in [-0.25, -0.2) is 0 Å². The van der Waals surface area contributed by atoms with Gasteiger partial charge in [0.1, 0.15) is 5.25 Å². The van der Waals surface area contributed by atoms with Gasteiger partial charge in [-0.1, -0.05) is 12.2 Å². The molecule has 0 aliphatic heterocycles. The number of hydrogen-bond acceptors (Lipinski definition) is 2. The van der Waals surface area contributed by atoms with Gasteiger partial charge >= 0.3 is 0 Å². The highest BCUT2D eigenvalue weighted by atomic mass is 32.2. The molecule has 1 aliphatic rings. The second-order valence-corrected chi connectivity index (χ2v) is 3.35. The predicted molar refractivity (Wildman–Crippen MR) is 29.1 cm³/mol. The van der Waals surface area contributed by atoms with E-state index in [4.69, 9.17) is 4.55 Å². The third kappa shape index (κ3) is 0.900. The van der Waals surface area contributed by atoms with E-state index in [1.807, 2.05) is 0 Å². The SMILES string of the molecule is O=S(=O)(O)C1C=CC1. The smallest absolute Gasteiger partial charge is 0.271 e. The first-order valence-electron chi connectivity index (χ1n) is 2.23. The molecule has 0 amide bonds. The number of hydrogen-bond donors (Lipinski definition) is 1. The van der Waals surface area contributed by atoms with Crippen molar-refractivity contribution >= 4 is 10.1 Å². The molecular formula is C4H6O3S. The summed E-state index contributed by atoms with van der Waals surface area (Å²) < 4.78 is 28.5. The molecule has 0 spiro atoms. The van der Waals surface area contributed by atoms with Crippen LogP contribution in [0.25, 0.3) is 0 Å². The molecule has 1 N–H and O–H groups in total. The third-order valence-corrected chi connectivity index (χ3v) is 2.22. The minimum absolute atomic E-state index is 0.457. The highest BCUT2D eigenvalue weighted by molar-refractivity contribution is 7.86. The maximum absolute atomic E-state index is 10.1. The Balaban J connectivity index is 2.77. The Labute approximate surface area is 47.8 Å². The summed E-state index contributed by atoms with van der Waals surface area (Å²) in [5.74, 6) is 0. The summed E-state index contributed by atoms with van der Waals surface area (Å²) in [4.78, 5) is 0. The molecule has 1 atom stereocenters. The molecule has 46 valence electrons. The van der Waals surface area contributed by atoms with Gasteiger partial charge in [0, 0.05) is 0 Å². The lowest BCUT2D eigenvalue weighted by Gasteiger charge is -2.12. The van der Waals surface area contributed by atoms with Crippen LogP contribution in [0.15, 0.2) is 12.2 Å². The van der Waals surface area contributed by atoms with Crippen LogP contribution in [0.3, 0.4) is 0 Å². The molecule has 4 heteroatoms. The van der Waals surface area contributed by atoms with Crippen LogP contribution in [0, 0.1) is 0 Å². The molecule has 0 fully saturated rings. The Hall–Kier alpha value is -0.350. The third-order valence-electron chi connectivity index (χ3n) is 1.10. The standard InChI is InChI=1S/C4H6O3S/c5-8(6,7)4-2-1-3-4/h1-2,4H,3H2,(H,5,6,7). The summed E-state index contributed by atoms with van der Waals surface area (Å²) in [6.45, 7) is 0. The largest absolute Gasteiger partial charge is 0.285 e. The summed E-state index contributed by atoms with van der Waals surface area (Å²) >= 11 is 0. The van der Waals surface area contributed by atoms with Crippen molar-refractivity contribution in [3.8, 4) is 0 Å². The van der Waals surface area contributed by atoms with E-state index in [1.54, 1.807) is 6.08 Å². The molecule has 0 aromatic rings. The number of allylic oxidation sites excluding steroid dienone is 1. The fourth-order valence-corrected chi connectivity index (χ4v) is 1.13. The van der Waals surface area contributed by atoms with Gasteiger partial charge in [-0.3, -0.25) is 4.55 Å². The van der Waals surface area contributed by atoms with Crippen LogP contribution in [0.1, 0.15) is 6.42 Å². The van der Waals surface area contributed by atoms with Gasteiger partial charge < -0.3 is 0 Å². The molecule has 0 bridgehead atoms. The molecule has 8 heavy (non-hydrogen) atoms. The fourth-order valence-electron chi connectivity index (χ4n) is 0.468. The Morgan fingerprint density at radius 1 is 1.62 bits per heavy atom. The fraction of sp³-hybridized carbons (Fsp3) is 0.500. The topological polar surface area (TPSA) is 54.4 Å². The molecule has 1 aliphatic carbocycles. The van der Waals surface area contributed by atoms with E-state index in [0.717, 1.165) is 0 Å². The lowest BCUT2D eigenvalue weighted by atomic mass is 10.1. The minimum Gasteiger partial charge on any atom is -0.285 e. The summed E-state index contributed by atoms with van der Waals surface area (Å²) in [7, 11) is -3.75. The van der Waals surface area contributed by atoms with Crippen molar-refractivity contribution in [1.82, 2.24) is 0 Å². The zero-order chi connectivity index (χ0) is 6.20. The Morgan fingerprint density at radius 3 is 2.12 bits per heavy atom. The van der Waals surface area contributed by atoms with Crippen molar-refractivity contribution in [2.75, 3.05) is 0 Å². The zero-order valence-electron chi connectivity index (χ0n) is 4.11. The van der Waals surface area contributed by atoms with Crippen molar-refractivity contribution in [2.45, 2.75) is 11.7 Å². The first-order valence-corrected chi connectivity index (χ1v) is 3.74. The van der Waals surface area contributed by atoms with E-state index < -0.39 is 15.4 Å². The predicted octanol–water partition coefficient (Wildman–Crippen LogP) is 0.203. The van der Waals surface area contributed by atoms with Gasteiger partial charge in [0.2, 0.25) is 0 Å². The van der Waals surface area contributed by atoms with Crippen molar-refractivity contribution in [3.05, 3.63) is 12.2 Å². The van der Waals surface area contributed by atoms with Gasteiger partial charge in [0.05, 0.1) is 0 Å². The van der Waals surface area contributed by atoms with Crippen molar-refractivity contribution in [1.29, 1.82) is 0 Å². The lowest BCUT2D eigenvalue weighted by Crippen LogP contribution is -2.21. The number of rotatable bonds is 1. The molecule has 0 saturated carbocycles. The molecule has 1 unspecified atom stereocenters. The Bertz CT molecular complexity index is 201. The van der Waals surface area contributed by atoms with Gasteiger partial charge in [0.25, 0.3) is 10.1 Å². The van der Waals surface area contributed by atoms with Crippen LogP contribution in [0.4, 0.5) is 0 Å². The molecule has 0 radical (unpaired) electrons. The normalized spacial score (nSPS) is 27.4.